The molecule has 1 fully saturated rings. The third-order valence-electron chi connectivity index (χ3n) is 6.79. The van der Waals surface area contributed by atoms with E-state index in [0.717, 1.165) is 16.7 Å². The van der Waals surface area contributed by atoms with E-state index in [1.807, 2.05) is 91.0 Å². The molecule has 0 spiro atoms. The van der Waals surface area contributed by atoms with Crippen LogP contribution in [0.4, 0.5) is 0 Å². The molecule has 1 aliphatic heterocycles. The molecule has 0 aliphatic carbocycles. The van der Waals surface area contributed by atoms with Crippen LogP contribution >= 0.6 is 0 Å². The number of rotatable bonds is 11. The van der Waals surface area contributed by atoms with Gasteiger partial charge in [0, 0.05) is 16.2 Å². The molecule has 10 nitrogen and oxygen atoms in total. The van der Waals surface area contributed by atoms with E-state index in [4.69, 9.17) is 19.7 Å². The Morgan fingerprint density at radius 3 is 1.64 bits per heavy atom. The molecule has 202 valence electrons. The maximum absolute atomic E-state index is 9.80. The Hall–Kier alpha value is -3.88. The molecule has 4 rings (SSSR count). The lowest BCUT2D eigenvalue weighted by atomic mass is 9.80. The Bertz CT molecular complexity index is 1200. The van der Waals surface area contributed by atoms with Gasteiger partial charge in [-0.1, -0.05) is 101 Å². The molecule has 3 aromatic carbocycles. The van der Waals surface area contributed by atoms with Crippen molar-refractivity contribution in [3.63, 3.8) is 0 Å². The van der Waals surface area contributed by atoms with Crippen molar-refractivity contribution in [1.29, 1.82) is 0 Å². The normalized spacial score (nSPS) is 20.2. The Kier molecular flexibility index (Phi) is 9.22. The van der Waals surface area contributed by atoms with Crippen LogP contribution in [-0.2, 0) is 19.8 Å². The monoisotopic (exact) mass is 528 g/mol. The lowest BCUT2D eigenvalue weighted by molar-refractivity contribution is -0.308. The molecule has 0 saturated carbocycles. The lowest BCUT2D eigenvalue weighted by Gasteiger charge is -2.44. The molecule has 0 bridgehead atoms. The molecule has 0 unspecified atom stereocenters. The van der Waals surface area contributed by atoms with Gasteiger partial charge in [-0.2, -0.15) is 0 Å². The van der Waals surface area contributed by atoms with E-state index >= 15 is 0 Å². The largest absolute Gasteiger partial charge is 0.396 e. The van der Waals surface area contributed by atoms with E-state index in [9.17, 15) is 10.6 Å². The first kappa shape index (κ1) is 28.1. The minimum absolute atomic E-state index is 0.0154. The van der Waals surface area contributed by atoms with Crippen molar-refractivity contribution in [3.05, 3.63) is 129 Å². The second-order valence-corrected chi connectivity index (χ2v) is 9.77. The van der Waals surface area contributed by atoms with E-state index in [0.29, 0.717) is 0 Å². The van der Waals surface area contributed by atoms with E-state index in [-0.39, 0.29) is 19.6 Å². The molecular weight excluding hydrogens is 496 g/mol. The smallest absolute Gasteiger partial charge is 0.163 e. The van der Waals surface area contributed by atoms with E-state index < -0.39 is 35.7 Å². The number of ether oxygens (including phenoxy) is 3. The summed E-state index contributed by atoms with van der Waals surface area (Å²) in [7, 11) is 0. The highest BCUT2D eigenvalue weighted by Gasteiger charge is 2.44. The van der Waals surface area contributed by atoms with E-state index in [1.165, 1.54) is 0 Å². The zero-order chi connectivity index (χ0) is 27.7. The third kappa shape index (κ3) is 6.41. The van der Waals surface area contributed by atoms with E-state index in [2.05, 4.69) is 20.1 Å². The average molecular weight is 529 g/mol. The van der Waals surface area contributed by atoms with Crippen molar-refractivity contribution >= 4 is 0 Å². The standard InChI is InChI=1S/C29H32N6O4/c1-28(2)38-26(24(19-36)32-34-30)18-27(39-28)25(33-35-31)20-37-29(21-12-6-3-7-13-21,22-14-8-4-9-15-22)23-16-10-5-11-17-23/h3-17,24-27,36H,18-20H2,1-2H3/t24-,25-,26+,27+/m1/s1. The summed E-state index contributed by atoms with van der Waals surface area (Å²) >= 11 is 0. The Balaban J connectivity index is 1.75. The fourth-order valence-electron chi connectivity index (χ4n) is 5.11. The van der Waals surface area contributed by atoms with Gasteiger partial charge in [0.2, 0.25) is 0 Å². The average Bonchev–Trinajstić information content (AvgIpc) is 2.96. The molecule has 0 amide bonds. The highest BCUT2D eigenvalue weighted by atomic mass is 16.7. The molecule has 1 N–H and O–H groups in total. The van der Waals surface area contributed by atoms with Crippen LogP contribution in [0.15, 0.2) is 101 Å². The van der Waals surface area contributed by atoms with Gasteiger partial charge in [-0.15, -0.1) is 0 Å². The first-order valence-electron chi connectivity index (χ1n) is 12.8. The van der Waals surface area contributed by atoms with Crippen molar-refractivity contribution < 1.29 is 19.3 Å². The van der Waals surface area contributed by atoms with Crippen LogP contribution in [0, 0.1) is 0 Å². The van der Waals surface area contributed by atoms with Gasteiger partial charge >= 0.3 is 0 Å². The van der Waals surface area contributed by atoms with Crippen LogP contribution in [0.3, 0.4) is 0 Å². The second kappa shape index (κ2) is 12.8. The summed E-state index contributed by atoms with van der Waals surface area (Å²) < 4.78 is 19.0. The molecular formula is C29H32N6O4. The SMILES string of the molecule is CC1(C)O[C@H]([C@@H](CO)N=[N+]=[N-])C[C@@H]([C@@H](COC(c2ccccc2)(c2ccccc2)c2ccccc2)N=[N+]=[N-])O1. The van der Waals surface area contributed by atoms with Gasteiger partial charge in [0.25, 0.3) is 0 Å². The number of hydrogen-bond donors (Lipinski definition) is 1. The molecule has 0 aromatic heterocycles. The fourth-order valence-corrected chi connectivity index (χ4v) is 5.11. The van der Waals surface area contributed by atoms with Crippen LogP contribution in [0.25, 0.3) is 20.9 Å². The maximum Gasteiger partial charge on any atom is 0.163 e. The number of benzene rings is 3. The zero-order valence-electron chi connectivity index (χ0n) is 21.9. The minimum Gasteiger partial charge on any atom is -0.396 e. The summed E-state index contributed by atoms with van der Waals surface area (Å²) in [5.74, 6) is -1.08. The highest BCUT2D eigenvalue weighted by Crippen LogP contribution is 2.41. The quantitative estimate of drug-likeness (QED) is 0.135. The molecule has 1 saturated heterocycles. The van der Waals surface area contributed by atoms with Crippen molar-refractivity contribution in [3.8, 4) is 0 Å². The Morgan fingerprint density at radius 2 is 1.23 bits per heavy atom. The van der Waals surface area contributed by atoms with E-state index in [1.54, 1.807) is 13.8 Å². The van der Waals surface area contributed by atoms with Crippen molar-refractivity contribution in [2.24, 2.45) is 10.2 Å². The third-order valence-corrected chi connectivity index (χ3v) is 6.79. The summed E-state index contributed by atoms with van der Waals surface area (Å²) in [6.45, 7) is 3.08. The van der Waals surface area contributed by atoms with Crippen LogP contribution < -0.4 is 0 Å². The number of nitrogens with zero attached hydrogens (tertiary/aromatic N) is 6. The van der Waals surface area contributed by atoms with Gasteiger partial charge in [-0.05, 0) is 41.6 Å². The minimum atomic E-state index is -1.08. The van der Waals surface area contributed by atoms with Crippen LogP contribution in [0.5, 0.6) is 0 Å². The molecule has 39 heavy (non-hydrogen) atoms. The fraction of sp³-hybridized carbons (Fsp3) is 0.379. The Labute approximate surface area is 227 Å². The van der Waals surface area contributed by atoms with Gasteiger partial charge in [-0.25, -0.2) is 0 Å². The first-order valence-corrected chi connectivity index (χ1v) is 12.8. The number of azide groups is 2. The highest BCUT2D eigenvalue weighted by molar-refractivity contribution is 5.47. The predicted molar refractivity (Wildman–Crippen MR) is 147 cm³/mol. The van der Waals surface area contributed by atoms with Crippen molar-refractivity contribution in [2.75, 3.05) is 13.2 Å². The maximum atomic E-state index is 9.80. The molecule has 4 atom stereocenters. The van der Waals surface area contributed by atoms with Crippen molar-refractivity contribution in [1.82, 2.24) is 0 Å². The lowest BCUT2D eigenvalue weighted by Crippen LogP contribution is -2.53. The van der Waals surface area contributed by atoms with Gasteiger partial charge in [0.15, 0.2) is 5.79 Å². The number of hydrogen-bond acceptors (Lipinski definition) is 6. The van der Waals surface area contributed by atoms with Gasteiger partial charge < -0.3 is 19.3 Å². The summed E-state index contributed by atoms with van der Waals surface area (Å²) in [4.78, 5) is 5.94. The summed E-state index contributed by atoms with van der Waals surface area (Å²) in [5.41, 5.74) is 20.2. The predicted octanol–water partition coefficient (Wildman–Crippen LogP) is 6.26. The topological polar surface area (TPSA) is 145 Å². The molecule has 1 aliphatic rings. The van der Waals surface area contributed by atoms with Gasteiger partial charge in [0.05, 0.1) is 37.5 Å². The summed E-state index contributed by atoms with van der Waals surface area (Å²) in [6.07, 6.45) is -1.04. The molecule has 3 aromatic rings. The number of aliphatic hydroxyl groups excluding tert-OH is 1. The second-order valence-electron chi connectivity index (χ2n) is 9.77. The van der Waals surface area contributed by atoms with Gasteiger partial charge in [0.1, 0.15) is 5.60 Å². The van der Waals surface area contributed by atoms with Crippen LogP contribution in [0.2, 0.25) is 0 Å². The Morgan fingerprint density at radius 1 is 0.821 bits per heavy atom. The first-order chi connectivity index (χ1) is 18.9. The van der Waals surface area contributed by atoms with Crippen LogP contribution in [0.1, 0.15) is 37.0 Å². The molecule has 10 heteroatoms. The van der Waals surface area contributed by atoms with Crippen molar-refractivity contribution in [2.45, 2.75) is 55.9 Å². The van der Waals surface area contributed by atoms with Crippen LogP contribution in [-0.4, -0.2) is 48.4 Å². The summed E-state index contributed by atoms with van der Waals surface area (Å²) in [6, 6.07) is 28.1. The molecule has 0 radical (unpaired) electrons. The molecule has 1 heterocycles. The zero-order valence-corrected chi connectivity index (χ0v) is 21.9. The number of aliphatic hydroxyl groups is 1. The van der Waals surface area contributed by atoms with Gasteiger partial charge in [-0.3, -0.25) is 0 Å². The summed E-state index contributed by atoms with van der Waals surface area (Å²) in [5, 5.41) is 17.6.